The van der Waals surface area contributed by atoms with E-state index in [9.17, 15) is 4.79 Å². The smallest absolute Gasteiger partial charge is 0.224 e. The number of amides is 1. The van der Waals surface area contributed by atoms with Crippen LogP contribution >= 0.6 is 15.9 Å². The molecular weight excluding hydrogens is 338 g/mol. The number of halogens is 1. The second-order valence-corrected chi connectivity index (χ2v) is 7.79. The lowest BCUT2D eigenvalue weighted by atomic mass is 9.86. The number of benzene rings is 1. The van der Waals surface area contributed by atoms with Gasteiger partial charge in [-0.25, -0.2) is 0 Å². The maximum atomic E-state index is 12.0. The Balaban J connectivity index is 1.73. The van der Waals surface area contributed by atoms with Crippen molar-refractivity contribution in [1.82, 2.24) is 0 Å². The molecule has 1 amide bonds. The normalized spacial score (nSPS) is 17.2. The van der Waals surface area contributed by atoms with Crippen molar-refractivity contribution < 1.29 is 4.79 Å². The highest BCUT2D eigenvalue weighted by Crippen LogP contribution is 2.27. The number of rotatable bonds is 7. The zero-order valence-electron chi connectivity index (χ0n) is 13.6. The monoisotopic (exact) mass is 365 g/mol. The van der Waals surface area contributed by atoms with Crippen molar-refractivity contribution in [2.24, 2.45) is 5.92 Å². The SMILES string of the molecule is CCC(Br)Cc1ccc(NC(=O)CCC2CCCCC2)cc1. The van der Waals surface area contributed by atoms with Gasteiger partial charge in [0.15, 0.2) is 0 Å². The fourth-order valence-electron chi connectivity index (χ4n) is 3.16. The van der Waals surface area contributed by atoms with Crippen LogP contribution in [-0.4, -0.2) is 10.7 Å². The van der Waals surface area contributed by atoms with E-state index >= 15 is 0 Å². The van der Waals surface area contributed by atoms with Crippen LogP contribution < -0.4 is 5.32 Å². The van der Waals surface area contributed by atoms with E-state index in [0.717, 1.165) is 30.9 Å². The second-order valence-electron chi connectivity index (χ2n) is 6.50. The highest BCUT2D eigenvalue weighted by atomic mass is 79.9. The molecule has 0 heterocycles. The van der Waals surface area contributed by atoms with E-state index in [4.69, 9.17) is 0 Å². The van der Waals surface area contributed by atoms with Crippen LogP contribution in [0, 0.1) is 5.92 Å². The van der Waals surface area contributed by atoms with Crippen LogP contribution in [0.5, 0.6) is 0 Å². The van der Waals surface area contributed by atoms with Crippen molar-refractivity contribution in [3.63, 3.8) is 0 Å². The van der Waals surface area contributed by atoms with Crippen molar-refractivity contribution in [2.45, 2.75) is 69.5 Å². The molecule has 0 aliphatic heterocycles. The van der Waals surface area contributed by atoms with E-state index in [0.29, 0.717) is 11.2 Å². The maximum Gasteiger partial charge on any atom is 0.224 e. The number of nitrogens with one attached hydrogen (secondary N) is 1. The lowest BCUT2D eigenvalue weighted by Crippen LogP contribution is -2.14. The van der Waals surface area contributed by atoms with E-state index in [1.54, 1.807) is 0 Å². The average Bonchev–Trinajstić information content (AvgIpc) is 2.55. The summed E-state index contributed by atoms with van der Waals surface area (Å²) in [5, 5.41) is 3.03. The Hall–Kier alpha value is -0.830. The van der Waals surface area contributed by atoms with Crippen LogP contribution in [0.1, 0.15) is 63.9 Å². The van der Waals surface area contributed by atoms with Gasteiger partial charge in [-0.2, -0.15) is 0 Å². The highest BCUT2D eigenvalue weighted by Gasteiger charge is 2.14. The Morgan fingerprint density at radius 1 is 1.23 bits per heavy atom. The predicted molar refractivity (Wildman–Crippen MR) is 97.6 cm³/mol. The molecule has 22 heavy (non-hydrogen) atoms. The molecule has 1 N–H and O–H groups in total. The number of hydrogen-bond acceptors (Lipinski definition) is 1. The standard InChI is InChI=1S/C19H28BrNO/c1-2-17(20)14-16-8-11-18(12-9-16)21-19(22)13-10-15-6-4-3-5-7-15/h8-9,11-12,15,17H,2-7,10,13-14H2,1H3,(H,21,22). The topological polar surface area (TPSA) is 29.1 Å². The number of carbonyl (C=O) groups excluding carboxylic acids is 1. The van der Waals surface area contributed by atoms with E-state index in [1.807, 2.05) is 12.1 Å². The van der Waals surface area contributed by atoms with Gasteiger partial charge in [-0.15, -0.1) is 0 Å². The molecule has 122 valence electrons. The van der Waals surface area contributed by atoms with Gasteiger partial charge < -0.3 is 5.32 Å². The number of carbonyl (C=O) groups is 1. The van der Waals surface area contributed by atoms with E-state index in [1.165, 1.54) is 37.7 Å². The molecule has 3 heteroatoms. The number of hydrogen-bond donors (Lipinski definition) is 1. The third kappa shape index (κ3) is 6.12. The summed E-state index contributed by atoms with van der Waals surface area (Å²) in [6.45, 7) is 2.18. The van der Waals surface area contributed by atoms with Crippen molar-refractivity contribution in [1.29, 1.82) is 0 Å². The van der Waals surface area contributed by atoms with Gasteiger partial charge in [-0.05, 0) is 42.9 Å². The molecule has 0 spiro atoms. The summed E-state index contributed by atoms with van der Waals surface area (Å²) in [6, 6.07) is 8.26. The molecule has 1 fully saturated rings. The summed E-state index contributed by atoms with van der Waals surface area (Å²) in [4.78, 5) is 12.6. The summed E-state index contributed by atoms with van der Waals surface area (Å²) in [6.07, 6.45) is 10.6. The fraction of sp³-hybridized carbons (Fsp3) is 0.632. The quantitative estimate of drug-likeness (QED) is 0.616. The van der Waals surface area contributed by atoms with Gasteiger partial charge in [0.25, 0.3) is 0 Å². The molecular formula is C19H28BrNO. The van der Waals surface area contributed by atoms with Gasteiger partial charge >= 0.3 is 0 Å². The summed E-state index contributed by atoms with van der Waals surface area (Å²) >= 11 is 3.66. The Morgan fingerprint density at radius 3 is 2.55 bits per heavy atom. The molecule has 1 aliphatic rings. The summed E-state index contributed by atoms with van der Waals surface area (Å²) in [5.41, 5.74) is 2.23. The minimum Gasteiger partial charge on any atom is -0.326 e. The van der Waals surface area contributed by atoms with Gasteiger partial charge in [-0.3, -0.25) is 4.79 Å². The number of alkyl halides is 1. The lowest BCUT2D eigenvalue weighted by molar-refractivity contribution is -0.116. The van der Waals surface area contributed by atoms with Gasteiger partial charge in [-0.1, -0.05) is 67.1 Å². The first-order valence-corrected chi connectivity index (χ1v) is 9.61. The van der Waals surface area contributed by atoms with Gasteiger partial charge in [0.2, 0.25) is 5.91 Å². The van der Waals surface area contributed by atoms with Crippen molar-refractivity contribution in [2.75, 3.05) is 5.32 Å². The molecule has 1 unspecified atom stereocenters. The molecule has 2 nitrogen and oxygen atoms in total. The zero-order chi connectivity index (χ0) is 15.8. The molecule has 0 radical (unpaired) electrons. The van der Waals surface area contributed by atoms with E-state index in [2.05, 4.69) is 40.3 Å². The Kier molecular flexibility index (Phi) is 7.44. The third-order valence-electron chi connectivity index (χ3n) is 4.64. The Morgan fingerprint density at radius 2 is 1.91 bits per heavy atom. The van der Waals surface area contributed by atoms with E-state index in [-0.39, 0.29) is 5.91 Å². The van der Waals surface area contributed by atoms with Crippen LogP contribution in [0.25, 0.3) is 0 Å². The third-order valence-corrected chi connectivity index (χ3v) is 5.61. The minimum absolute atomic E-state index is 0.158. The Labute approximate surface area is 143 Å². The second kappa shape index (κ2) is 9.34. The predicted octanol–water partition coefficient (Wildman–Crippen LogP) is 5.70. The minimum atomic E-state index is 0.158. The molecule has 2 rings (SSSR count). The largest absolute Gasteiger partial charge is 0.326 e. The molecule has 1 aliphatic carbocycles. The molecule has 1 saturated carbocycles. The lowest BCUT2D eigenvalue weighted by Gasteiger charge is -2.21. The van der Waals surface area contributed by atoms with E-state index < -0.39 is 0 Å². The van der Waals surface area contributed by atoms with Gasteiger partial charge in [0.05, 0.1) is 0 Å². The summed E-state index contributed by atoms with van der Waals surface area (Å²) < 4.78 is 0. The highest BCUT2D eigenvalue weighted by molar-refractivity contribution is 9.09. The van der Waals surface area contributed by atoms with Crippen LogP contribution in [0.2, 0.25) is 0 Å². The molecule has 1 atom stereocenters. The van der Waals surface area contributed by atoms with Crippen LogP contribution in [-0.2, 0) is 11.2 Å². The number of anilines is 1. The average molecular weight is 366 g/mol. The Bertz CT molecular complexity index is 451. The first-order chi connectivity index (χ1) is 10.7. The molecule has 0 bridgehead atoms. The first-order valence-electron chi connectivity index (χ1n) is 8.70. The van der Waals surface area contributed by atoms with Crippen LogP contribution in [0.3, 0.4) is 0 Å². The molecule has 0 aromatic heterocycles. The zero-order valence-corrected chi connectivity index (χ0v) is 15.2. The van der Waals surface area contributed by atoms with Crippen molar-refractivity contribution in [3.8, 4) is 0 Å². The van der Waals surface area contributed by atoms with Crippen LogP contribution in [0.4, 0.5) is 5.69 Å². The fourth-order valence-corrected chi connectivity index (χ4v) is 3.53. The molecule has 1 aromatic rings. The van der Waals surface area contributed by atoms with Gasteiger partial charge in [0, 0.05) is 16.9 Å². The summed E-state index contributed by atoms with van der Waals surface area (Å²) in [5.74, 6) is 0.928. The molecule has 1 aromatic carbocycles. The summed E-state index contributed by atoms with van der Waals surface area (Å²) in [7, 11) is 0. The maximum absolute atomic E-state index is 12.0. The first kappa shape index (κ1) is 17.5. The van der Waals surface area contributed by atoms with Gasteiger partial charge in [0.1, 0.15) is 0 Å². The molecule has 0 saturated heterocycles. The van der Waals surface area contributed by atoms with Crippen molar-refractivity contribution in [3.05, 3.63) is 29.8 Å². The van der Waals surface area contributed by atoms with Crippen LogP contribution in [0.15, 0.2) is 24.3 Å². The van der Waals surface area contributed by atoms with Crippen molar-refractivity contribution >= 4 is 27.5 Å².